The summed E-state index contributed by atoms with van der Waals surface area (Å²) in [5.41, 5.74) is 3.15. The molecule has 2 aromatic rings. The second-order valence-electron chi connectivity index (χ2n) is 4.06. The quantitative estimate of drug-likeness (QED) is 0.481. The maximum atomic E-state index is 13.4. The first kappa shape index (κ1) is 14.1. The normalized spacial score (nSPS) is 10.3. The predicted octanol–water partition coefficient (Wildman–Crippen LogP) is 2.05. The SMILES string of the molecule is NNc1nc(OCCCc2ccncc2)c(F)cc1F. The fraction of sp³-hybridized carbons (Fsp3) is 0.231. The van der Waals surface area contributed by atoms with E-state index < -0.39 is 11.6 Å². The van der Waals surface area contributed by atoms with E-state index in [2.05, 4.69) is 9.97 Å². The minimum atomic E-state index is -0.867. The Morgan fingerprint density at radius 1 is 1.20 bits per heavy atom. The first-order valence-electron chi connectivity index (χ1n) is 6.05. The lowest BCUT2D eigenvalue weighted by Gasteiger charge is -2.08. The van der Waals surface area contributed by atoms with Gasteiger partial charge in [-0.2, -0.15) is 4.98 Å². The number of hydrazine groups is 1. The van der Waals surface area contributed by atoms with Crippen LogP contribution in [0.25, 0.3) is 0 Å². The van der Waals surface area contributed by atoms with Crippen LogP contribution in [0.15, 0.2) is 30.6 Å². The number of nitrogen functional groups attached to an aromatic ring is 1. The number of nitrogens with zero attached hydrogens (tertiary/aromatic N) is 2. The highest BCUT2D eigenvalue weighted by molar-refractivity contribution is 5.38. The second-order valence-corrected chi connectivity index (χ2v) is 4.06. The molecule has 20 heavy (non-hydrogen) atoms. The monoisotopic (exact) mass is 280 g/mol. The molecule has 0 saturated heterocycles. The van der Waals surface area contributed by atoms with Crippen LogP contribution in [0, 0.1) is 11.6 Å². The van der Waals surface area contributed by atoms with E-state index in [1.165, 1.54) is 0 Å². The summed E-state index contributed by atoms with van der Waals surface area (Å²) in [5, 5.41) is 0. The van der Waals surface area contributed by atoms with Crippen molar-refractivity contribution in [3.05, 3.63) is 47.8 Å². The molecule has 0 spiro atoms. The third-order valence-corrected chi connectivity index (χ3v) is 2.63. The number of hydrogen-bond acceptors (Lipinski definition) is 5. The molecule has 0 atom stereocenters. The summed E-state index contributed by atoms with van der Waals surface area (Å²) in [6.07, 6.45) is 4.86. The van der Waals surface area contributed by atoms with Gasteiger partial charge in [-0.3, -0.25) is 4.98 Å². The van der Waals surface area contributed by atoms with E-state index in [0.29, 0.717) is 12.5 Å². The van der Waals surface area contributed by atoms with Crippen molar-refractivity contribution < 1.29 is 13.5 Å². The lowest BCUT2D eigenvalue weighted by atomic mass is 10.1. The summed E-state index contributed by atoms with van der Waals surface area (Å²) in [5.74, 6) is 2.82. The van der Waals surface area contributed by atoms with Crippen LogP contribution in [0.2, 0.25) is 0 Å². The molecule has 0 aliphatic heterocycles. The van der Waals surface area contributed by atoms with E-state index in [1.807, 2.05) is 17.6 Å². The van der Waals surface area contributed by atoms with Crippen LogP contribution in [-0.4, -0.2) is 16.6 Å². The van der Waals surface area contributed by atoms with Gasteiger partial charge in [0.05, 0.1) is 6.61 Å². The number of rotatable bonds is 6. The average Bonchev–Trinajstić information content (AvgIpc) is 2.46. The Morgan fingerprint density at radius 2 is 1.95 bits per heavy atom. The molecular formula is C13H14F2N4O. The van der Waals surface area contributed by atoms with Gasteiger partial charge in [0, 0.05) is 18.5 Å². The molecule has 7 heteroatoms. The zero-order chi connectivity index (χ0) is 14.4. The number of aromatic nitrogens is 2. The molecule has 0 fully saturated rings. The summed E-state index contributed by atoms with van der Waals surface area (Å²) in [7, 11) is 0. The van der Waals surface area contributed by atoms with Crippen LogP contribution in [0.4, 0.5) is 14.6 Å². The Kier molecular flexibility index (Phi) is 4.78. The number of ether oxygens (including phenoxy) is 1. The molecule has 0 bridgehead atoms. The van der Waals surface area contributed by atoms with Crippen LogP contribution in [0.3, 0.4) is 0 Å². The van der Waals surface area contributed by atoms with Gasteiger partial charge in [-0.1, -0.05) is 0 Å². The third-order valence-electron chi connectivity index (χ3n) is 2.63. The minimum Gasteiger partial charge on any atom is -0.476 e. The van der Waals surface area contributed by atoms with E-state index in [9.17, 15) is 8.78 Å². The fourth-order valence-corrected chi connectivity index (χ4v) is 1.65. The van der Waals surface area contributed by atoms with Gasteiger partial charge in [0.25, 0.3) is 5.88 Å². The molecule has 0 unspecified atom stereocenters. The van der Waals surface area contributed by atoms with Gasteiger partial charge >= 0.3 is 0 Å². The maximum absolute atomic E-state index is 13.4. The summed E-state index contributed by atoms with van der Waals surface area (Å²) >= 11 is 0. The molecule has 2 aromatic heterocycles. The van der Waals surface area contributed by atoms with Crippen molar-refractivity contribution in [2.24, 2.45) is 5.84 Å². The molecule has 106 valence electrons. The van der Waals surface area contributed by atoms with Crippen LogP contribution in [0.1, 0.15) is 12.0 Å². The number of nitrogens with two attached hydrogens (primary N) is 1. The standard InChI is InChI=1S/C13H14F2N4O/c14-10-8-11(15)13(18-12(10)19-16)20-7-1-2-9-3-5-17-6-4-9/h3-6,8H,1-2,7,16H2,(H,18,19). The minimum absolute atomic E-state index is 0.254. The van der Waals surface area contributed by atoms with Crippen molar-refractivity contribution in [2.45, 2.75) is 12.8 Å². The third kappa shape index (κ3) is 3.61. The molecule has 0 radical (unpaired) electrons. The second kappa shape index (κ2) is 6.76. The molecule has 2 rings (SSSR count). The molecular weight excluding hydrogens is 266 g/mol. The van der Waals surface area contributed by atoms with Gasteiger partial charge < -0.3 is 10.2 Å². The summed E-state index contributed by atoms with van der Waals surface area (Å²) < 4.78 is 31.7. The Bertz CT molecular complexity index is 566. The summed E-state index contributed by atoms with van der Waals surface area (Å²) in [4.78, 5) is 7.53. The number of hydrogen-bond donors (Lipinski definition) is 2. The van der Waals surface area contributed by atoms with Gasteiger partial charge in [0.1, 0.15) is 0 Å². The van der Waals surface area contributed by atoms with Crippen LogP contribution in [0.5, 0.6) is 5.88 Å². The highest BCUT2D eigenvalue weighted by Gasteiger charge is 2.12. The first-order valence-corrected chi connectivity index (χ1v) is 6.05. The van der Waals surface area contributed by atoms with Crippen molar-refractivity contribution in [2.75, 3.05) is 12.0 Å². The fourth-order valence-electron chi connectivity index (χ4n) is 1.65. The molecule has 0 aliphatic rings. The molecule has 5 nitrogen and oxygen atoms in total. The maximum Gasteiger partial charge on any atom is 0.252 e. The summed E-state index contributed by atoms with van der Waals surface area (Å²) in [6, 6.07) is 4.47. The number of nitrogens with one attached hydrogen (secondary N) is 1. The smallest absolute Gasteiger partial charge is 0.252 e. The van der Waals surface area contributed by atoms with Crippen molar-refractivity contribution >= 4 is 5.82 Å². The molecule has 0 aliphatic carbocycles. The lowest BCUT2D eigenvalue weighted by molar-refractivity contribution is 0.282. The van der Waals surface area contributed by atoms with Crippen LogP contribution in [-0.2, 0) is 6.42 Å². The van der Waals surface area contributed by atoms with Gasteiger partial charge in [-0.15, -0.1) is 0 Å². The number of aryl methyl sites for hydroxylation is 1. The Morgan fingerprint density at radius 3 is 2.65 bits per heavy atom. The average molecular weight is 280 g/mol. The molecule has 2 heterocycles. The van der Waals surface area contributed by atoms with Crippen molar-refractivity contribution in [1.29, 1.82) is 0 Å². The van der Waals surface area contributed by atoms with Crippen molar-refractivity contribution in [1.82, 2.24) is 9.97 Å². The van der Waals surface area contributed by atoms with E-state index in [0.717, 1.165) is 12.0 Å². The van der Waals surface area contributed by atoms with Gasteiger partial charge in [-0.05, 0) is 30.5 Å². The zero-order valence-electron chi connectivity index (χ0n) is 10.6. The van der Waals surface area contributed by atoms with Crippen molar-refractivity contribution in [3.8, 4) is 5.88 Å². The Hall–Kier alpha value is -2.28. The van der Waals surface area contributed by atoms with Crippen molar-refractivity contribution in [3.63, 3.8) is 0 Å². The number of halogens is 2. The van der Waals surface area contributed by atoms with Crippen LogP contribution >= 0.6 is 0 Å². The van der Waals surface area contributed by atoms with Crippen LogP contribution < -0.4 is 16.0 Å². The molecule has 3 N–H and O–H groups in total. The van der Waals surface area contributed by atoms with E-state index in [-0.39, 0.29) is 18.3 Å². The zero-order valence-corrected chi connectivity index (χ0v) is 10.6. The van der Waals surface area contributed by atoms with Gasteiger partial charge in [0.2, 0.25) is 0 Å². The molecule has 0 saturated carbocycles. The van der Waals surface area contributed by atoms with Gasteiger partial charge in [0.15, 0.2) is 17.5 Å². The molecule has 0 amide bonds. The molecule has 0 aromatic carbocycles. The number of pyridine rings is 2. The van der Waals surface area contributed by atoms with E-state index in [4.69, 9.17) is 10.6 Å². The number of anilines is 1. The van der Waals surface area contributed by atoms with E-state index in [1.54, 1.807) is 12.4 Å². The topological polar surface area (TPSA) is 73.1 Å². The highest BCUT2D eigenvalue weighted by atomic mass is 19.1. The Balaban J connectivity index is 1.88. The van der Waals surface area contributed by atoms with Gasteiger partial charge in [-0.25, -0.2) is 14.6 Å². The summed E-state index contributed by atoms with van der Waals surface area (Å²) in [6.45, 7) is 0.266. The largest absolute Gasteiger partial charge is 0.476 e. The van der Waals surface area contributed by atoms with E-state index >= 15 is 0 Å². The predicted molar refractivity (Wildman–Crippen MR) is 70.0 cm³/mol. The lowest BCUT2D eigenvalue weighted by Crippen LogP contribution is -2.12. The Labute approximate surface area is 114 Å². The first-order chi connectivity index (χ1) is 9.70. The highest BCUT2D eigenvalue weighted by Crippen LogP contribution is 2.20.